The summed E-state index contributed by atoms with van der Waals surface area (Å²) in [7, 11) is 3.26. The van der Waals surface area contributed by atoms with Gasteiger partial charge in [-0.2, -0.15) is 0 Å². The molecule has 4 atom stereocenters. The number of methoxy groups -OCH3 is 2. The molecule has 300 valence electrons. The third kappa shape index (κ3) is 8.66. The zero-order chi connectivity index (χ0) is 40.8. The summed E-state index contributed by atoms with van der Waals surface area (Å²) in [6.45, 7) is -1.65. The number of amides is 1. The number of rotatable bonds is 15. The second kappa shape index (κ2) is 17.6. The van der Waals surface area contributed by atoms with E-state index in [9.17, 15) is 9.36 Å². The Kier molecular flexibility index (Phi) is 11.9. The van der Waals surface area contributed by atoms with Gasteiger partial charge in [-0.25, -0.2) is 15.0 Å². The van der Waals surface area contributed by atoms with E-state index in [2.05, 4.69) is 20.3 Å². The van der Waals surface area contributed by atoms with Gasteiger partial charge in [0.1, 0.15) is 35.8 Å². The number of carbonyl (C=O) groups is 1. The van der Waals surface area contributed by atoms with Crippen LogP contribution in [-0.4, -0.2) is 65.1 Å². The molecule has 59 heavy (non-hydrogen) atoms. The molecular weight excluding hydrogens is 786 g/mol. The van der Waals surface area contributed by atoms with E-state index in [-0.39, 0.29) is 18.3 Å². The van der Waals surface area contributed by atoms with Crippen molar-refractivity contribution in [3.05, 3.63) is 174 Å². The number of nitrogens with zero attached hydrogens (tertiary/aromatic N) is 4. The fraction of sp³-hybridized carbons (Fsp3) is 0.200. The molecule has 0 bridgehead atoms. The second-order valence-corrected chi connectivity index (χ2v) is 18.8. The number of nitrogens with one attached hydrogen (secondary N) is 1. The smallest absolute Gasteiger partial charge is 0.259 e. The topological polar surface area (TPSA) is 136 Å². The van der Waals surface area contributed by atoms with Gasteiger partial charge in [-0.15, -0.1) is 0 Å². The molecule has 3 heterocycles. The molecular formula is C45H42N5O7PS. The van der Waals surface area contributed by atoms with Crippen LogP contribution in [0.5, 0.6) is 11.5 Å². The molecule has 1 saturated heterocycles. The summed E-state index contributed by atoms with van der Waals surface area (Å²) in [6, 6.07) is 44.0. The van der Waals surface area contributed by atoms with Gasteiger partial charge in [-0.1, -0.05) is 91.0 Å². The highest BCUT2D eigenvalue weighted by Gasteiger charge is 2.45. The van der Waals surface area contributed by atoms with Gasteiger partial charge < -0.3 is 28.8 Å². The first-order valence-corrected chi connectivity index (χ1v) is 22.4. The normalized spacial score (nSPS) is 17.6. The molecule has 1 N–H and O–H groups in total. The maximum atomic E-state index is 14.3. The molecule has 14 heteroatoms. The number of aromatic nitrogens is 4. The van der Waals surface area contributed by atoms with Crippen LogP contribution in [0.4, 0.5) is 5.82 Å². The Balaban J connectivity index is 1.16. The van der Waals surface area contributed by atoms with Gasteiger partial charge in [0.15, 0.2) is 17.0 Å². The van der Waals surface area contributed by atoms with E-state index in [1.54, 1.807) is 56.0 Å². The van der Waals surface area contributed by atoms with Crippen molar-refractivity contribution in [2.45, 2.75) is 35.4 Å². The lowest BCUT2D eigenvalue weighted by molar-refractivity contribution is -0.0897. The van der Waals surface area contributed by atoms with E-state index in [0.717, 1.165) is 21.6 Å². The molecule has 7 aromatic rings. The Morgan fingerprint density at radius 2 is 1.37 bits per heavy atom. The van der Waals surface area contributed by atoms with Crippen LogP contribution in [0.2, 0.25) is 0 Å². The average molecular weight is 828 g/mol. The van der Waals surface area contributed by atoms with E-state index in [1.807, 2.05) is 115 Å². The zero-order valence-electron chi connectivity index (χ0n) is 32.6. The molecule has 0 spiro atoms. The molecule has 0 aliphatic carbocycles. The highest BCUT2D eigenvalue weighted by Crippen LogP contribution is 2.62. The van der Waals surface area contributed by atoms with Gasteiger partial charge in [0.2, 0.25) is 0 Å². The van der Waals surface area contributed by atoms with Gasteiger partial charge in [0.25, 0.3) is 12.5 Å². The van der Waals surface area contributed by atoms with Gasteiger partial charge in [-0.05, 0) is 76.6 Å². The molecule has 8 rings (SSSR count). The van der Waals surface area contributed by atoms with Crippen molar-refractivity contribution in [3.63, 3.8) is 0 Å². The standard InChI is InChI=1S/C45H42N5O7PS/c1-53-35-23-19-33(20-24-35)45(32-15-9-5-10-16-32,34-21-25-36(54-2)26-22-34)55-28-39-38(57-58(3,52)59-37-17-11-6-12-18-37)27-40(56-39)50-30-48-41-42(46-29-47-43(41)50)49-44(51)31-13-7-4-8-14-31/h4-26,29-30,38-40H,27-28H2,1-3H3,(H,46,47,49,51)/t38-,39+,40+,58-/m0/s1. The Morgan fingerprint density at radius 3 is 1.98 bits per heavy atom. The number of imidazole rings is 1. The van der Waals surface area contributed by atoms with Crippen LogP contribution in [0.25, 0.3) is 11.2 Å². The van der Waals surface area contributed by atoms with E-state index < -0.39 is 30.6 Å². The lowest BCUT2D eigenvalue weighted by Crippen LogP contribution is -2.38. The third-order valence-electron chi connectivity index (χ3n) is 10.1. The van der Waals surface area contributed by atoms with Crippen molar-refractivity contribution in [2.24, 2.45) is 0 Å². The monoisotopic (exact) mass is 827 g/mol. The number of benzene rings is 5. The number of hydrogen-bond acceptors (Lipinski definition) is 11. The van der Waals surface area contributed by atoms with E-state index in [4.69, 9.17) is 23.5 Å². The van der Waals surface area contributed by atoms with Crippen LogP contribution < -0.4 is 14.8 Å². The molecule has 12 nitrogen and oxygen atoms in total. The molecule has 2 aromatic heterocycles. The van der Waals surface area contributed by atoms with Crippen molar-refractivity contribution in [1.82, 2.24) is 19.5 Å². The summed E-state index contributed by atoms with van der Waals surface area (Å²) < 4.78 is 47.8. The number of ether oxygens (including phenoxy) is 4. The minimum atomic E-state index is -3.31. The predicted octanol–water partition coefficient (Wildman–Crippen LogP) is 9.39. The van der Waals surface area contributed by atoms with Gasteiger partial charge in [0, 0.05) is 23.5 Å². The van der Waals surface area contributed by atoms with Crippen LogP contribution in [0, 0.1) is 0 Å². The molecule has 0 unspecified atom stereocenters. The summed E-state index contributed by atoms with van der Waals surface area (Å²) in [5.41, 5.74) is 2.76. The molecule has 0 saturated carbocycles. The van der Waals surface area contributed by atoms with E-state index in [0.29, 0.717) is 34.6 Å². The molecule has 1 amide bonds. The summed E-state index contributed by atoms with van der Waals surface area (Å²) in [5.74, 6) is 1.34. The quantitative estimate of drug-likeness (QED) is 0.0782. The van der Waals surface area contributed by atoms with Crippen molar-refractivity contribution < 1.29 is 32.8 Å². The Bertz CT molecular complexity index is 2500. The van der Waals surface area contributed by atoms with Crippen LogP contribution in [0.1, 0.15) is 39.7 Å². The summed E-state index contributed by atoms with van der Waals surface area (Å²) in [4.78, 5) is 27.4. The first-order valence-electron chi connectivity index (χ1n) is 18.9. The summed E-state index contributed by atoms with van der Waals surface area (Å²) >= 11 is 1.20. The van der Waals surface area contributed by atoms with Crippen LogP contribution >= 0.6 is 18.0 Å². The van der Waals surface area contributed by atoms with Crippen LogP contribution in [-0.2, 0) is 24.2 Å². The molecule has 0 radical (unpaired) electrons. The lowest BCUT2D eigenvalue weighted by atomic mass is 9.80. The Morgan fingerprint density at radius 1 is 0.797 bits per heavy atom. The number of anilines is 1. The fourth-order valence-electron chi connectivity index (χ4n) is 7.28. The van der Waals surface area contributed by atoms with Crippen LogP contribution in [0.15, 0.2) is 157 Å². The number of hydrogen-bond donors (Lipinski definition) is 1. The lowest BCUT2D eigenvalue weighted by Gasteiger charge is -2.37. The molecule has 1 aliphatic heterocycles. The van der Waals surface area contributed by atoms with Crippen molar-refractivity contribution >= 4 is 40.8 Å². The van der Waals surface area contributed by atoms with E-state index >= 15 is 0 Å². The van der Waals surface area contributed by atoms with E-state index in [1.165, 1.54) is 17.7 Å². The van der Waals surface area contributed by atoms with Gasteiger partial charge in [0.05, 0.1) is 33.3 Å². The predicted molar refractivity (Wildman–Crippen MR) is 227 cm³/mol. The minimum absolute atomic E-state index is 0.0319. The highest BCUT2D eigenvalue weighted by molar-refractivity contribution is 8.56. The summed E-state index contributed by atoms with van der Waals surface area (Å²) in [5, 5.41) is 2.87. The van der Waals surface area contributed by atoms with Gasteiger partial charge >= 0.3 is 0 Å². The van der Waals surface area contributed by atoms with Crippen LogP contribution in [0.3, 0.4) is 0 Å². The second-order valence-electron chi connectivity index (χ2n) is 13.9. The molecule has 5 aromatic carbocycles. The number of carbonyl (C=O) groups excluding carboxylic acids is 1. The first-order chi connectivity index (χ1) is 28.8. The maximum Gasteiger partial charge on any atom is 0.259 e. The average Bonchev–Trinajstić information content (AvgIpc) is 3.89. The number of fused-ring (bicyclic) bond motifs is 1. The third-order valence-corrected chi connectivity index (χ3v) is 13.5. The fourth-order valence-corrected chi connectivity index (χ4v) is 10.7. The zero-order valence-corrected chi connectivity index (χ0v) is 34.3. The minimum Gasteiger partial charge on any atom is -0.497 e. The maximum absolute atomic E-state index is 14.3. The highest BCUT2D eigenvalue weighted by atomic mass is 32.7. The van der Waals surface area contributed by atoms with Crippen molar-refractivity contribution in [3.8, 4) is 11.5 Å². The first kappa shape index (κ1) is 40.0. The largest absolute Gasteiger partial charge is 0.497 e. The molecule has 1 fully saturated rings. The Hall–Kier alpha value is -5.82. The van der Waals surface area contributed by atoms with Crippen molar-refractivity contribution in [1.29, 1.82) is 0 Å². The van der Waals surface area contributed by atoms with Gasteiger partial charge in [-0.3, -0.25) is 13.9 Å². The Labute approximate surface area is 346 Å². The summed E-state index contributed by atoms with van der Waals surface area (Å²) in [6.07, 6.45) is 1.24. The SMILES string of the molecule is COc1ccc(C(OC[C@H]2O[C@@H](n3cnc4c(NC(=O)c5ccccc5)ncnc43)C[C@@H]2O[P@](C)(=O)Sc2ccccc2)(c2ccccc2)c2ccc(OC)cc2)cc1. The van der Waals surface area contributed by atoms with Crippen molar-refractivity contribution in [2.75, 3.05) is 32.8 Å². The molecule has 1 aliphatic rings.